The zero-order valence-corrected chi connectivity index (χ0v) is 13.9. The highest BCUT2D eigenvalue weighted by Crippen LogP contribution is 2.28. The molecule has 0 radical (unpaired) electrons. The molecule has 2 N–H and O–H groups in total. The average molecular weight is 292 g/mol. The van der Waals surface area contributed by atoms with Crippen LogP contribution in [0.5, 0.6) is 5.88 Å². The minimum Gasteiger partial charge on any atom is -0.470 e. The molecule has 1 unspecified atom stereocenters. The summed E-state index contributed by atoms with van der Waals surface area (Å²) >= 11 is 0. The van der Waals surface area contributed by atoms with Crippen LogP contribution in [0.2, 0.25) is 0 Å². The molecule has 0 aromatic carbocycles. The van der Waals surface area contributed by atoms with Crippen molar-refractivity contribution < 1.29 is 4.74 Å². The van der Waals surface area contributed by atoms with Crippen molar-refractivity contribution in [3.63, 3.8) is 0 Å². The third-order valence-corrected chi connectivity index (χ3v) is 3.62. The Bertz CT molecular complexity index is 484. The fourth-order valence-electron chi connectivity index (χ4n) is 2.69. The number of nitrogens with zero attached hydrogens (tertiary/aromatic N) is 3. The predicted molar refractivity (Wildman–Crippen MR) is 88.0 cm³/mol. The summed E-state index contributed by atoms with van der Waals surface area (Å²) in [5, 5.41) is 0. The number of hydrogen-bond acceptors (Lipinski definition) is 5. The van der Waals surface area contributed by atoms with Gasteiger partial charge in [0.2, 0.25) is 5.88 Å². The third-order valence-electron chi connectivity index (χ3n) is 3.62. The Hall–Kier alpha value is -1.49. The van der Waals surface area contributed by atoms with E-state index < -0.39 is 0 Å². The van der Waals surface area contributed by atoms with E-state index in [9.17, 15) is 0 Å². The first kappa shape index (κ1) is 15.9. The Morgan fingerprint density at radius 1 is 1.29 bits per heavy atom. The standard InChI is InChI=1S/C16H28N4O/c1-12-11-19(5)9-6-10-20(12)14-8-7-13(17)15(18-14)21-16(2,3)4/h7-8,12H,6,9-11,17H2,1-5H3. The largest absolute Gasteiger partial charge is 0.470 e. The van der Waals surface area contributed by atoms with Crippen molar-refractivity contribution in [3.05, 3.63) is 12.1 Å². The number of likely N-dealkylation sites (N-methyl/N-ethyl adjacent to an activating group) is 1. The van der Waals surface area contributed by atoms with Crippen LogP contribution in [-0.4, -0.2) is 48.2 Å². The number of rotatable bonds is 2. The van der Waals surface area contributed by atoms with Crippen molar-refractivity contribution in [1.82, 2.24) is 9.88 Å². The highest BCUT2D eigenvalue weighted by atomic mass is 16.5. The molecule has 1 atom stereocenters. The van der Waals surface area contributed by atoms with Crippen molar-refractivity contribution in [3.8, 4) is 5.88 Å². The van der Waals surface area contributed by atoms with Crippen LogP contribution in [0.3, 0.4) is 0 Å². The molecule has 21 heavy (non-hydrogen) atoms. The minimum absolute atomic E-state index is 0.301. The molecular formula is C16H28N4O. The van der Waals surface area contributed by atoms with Crippen LogP contribution in [0.15, 0.2) is 12.1 Å². The van der Waals surface area contributed by atoms with Gasteiger partial charge in [0.05, 0.1) is 5.69 Å². The van der Waals surface area contributed by atoms with E-state index in [-0.39, 0.29) is 5.60 Å². The van der Waals surface area contributed by atoms with E-state index in [0.717, 1.165) is 31.9 Å². The van der Waals surface area contributed by atoms with E-state index in [4.69, 9.17) is 10.5 Å². The molecule has 0 saturated carbocycles. The molecule has 118 valence electrons. The van der Waals surface area contributed by atoms with Gasteiger partial charge in [-0.2, -0.15) is 4.98 Å². The van der Waals surface area contributed by atoms with E-state index in [1.165, 1.54) is 0 Å². The van der Waals surface area contributed by atoms with Crippen molar-refractivity contribution in [1.29, 1.82) is 0 Å². The maximum absolute atomic E-state index is 6.00. The van der Waals surface area contributed by atoms with Crippen molar-refractivity contribution in [2.75, 3.05) is 37.3 Å². The molecule has 2 rings (SSSR count). The van der Waals surface area contributed by atoms with E-state index in [1.54, 1.807) is 0 Å². The molecule has 0 amide bonds. The van der Waals surface area contributed by atoms with Gasteiger partial charge in [-0.3, -0.25) is 0 Å². The zero-order chi connectivity index (χ0) is 15.6. The molecule has 0 spiro atoms. The first-order valence-corrected chi connectivity index (χ1v) is 7.67. The number of ether oxygens (including phenoxy) is 1. The van der Waals surface area contributed by atoms with Gasteiger partial charge in [0.1, 0.15) is 11.4 Å². The highest BCUT2D eigenvalue weighted by molar-refractivity contribution is 5.55. The number of pyridine rings is 1. The second-order valence-electron chi connectivity index (χ2n) is 6.94. The maximum atomic E-state index is 6.00. The normalized spacial score (nSPS) is 21.2. The maximum Gasteiger partial charge on any atom is 0.239 e. The monoisotopic (exact) mass is 292 g/mol. The number of aromatic nitrogens is 1. The molecule has 2 heterocycles. The lowest BCUT2D eigenvalue weighted by atomic mass is 10.2. The van der Waals surface area contributed by atoms with E-state index in [2.05, 4.69) is 28.8 Å². The average Bonchev–Trinajstić information content (AvgIpc) is 2.51. The van der Waals surface area contributed by atoms with Crippen LogP contribution >= 0.6 is 0 Å². The summed E-state index contributed by atoms with van der Waals surface area (Å²) in [6.45, 7) is 11.4. The molecule has 5 heteroatoms. The van der Waals surface area contributed by atoms with Gasteiger partial charge in [-0.15, -0.1) is 0 Å². The summed E-state index contributed by atoms with van der Waals surface area (Å²) in [4.78, 5) is 9.37. The first-order chi connectivity index (χ1) is 9.76. The summed E-state index contributed by atoms with van der Waals surface area (Å²) in [5.74, 6) is 1.48. The Morgan fingerprint density at radius 2 is 2.00 bits per heavy atom. The highest BCUT2D eigenvalue weighted by Gasteiger charge is 2.22. The fourth-order valence-corrected chi connectivity index (χ4v) is 2.69. The van der Waals surface area contributed by atoms with E-state index >= 15 is 0 Å². The molecule has 0 aliphatic carbocycles. The Balaban J connectivity index is 2.25. The van der Waals surface area contributed by atoms with Crippen molar-refractivity contribution in [2.45, 2.75) is 45.8 Å². The number of anilines is 2. The summed E-state index contributed by atoms with van der Waals surface area (Å²) in [7, 11) is 2.17. The van der Waals surface area contributed by atoms with E-state index in [1.807, 2.05) is 32.9 Å². The van der Waals surface area contributed by atoms with E-state index in [0.29, 0.717) is 17.6 Å². The van der Waals surface area contributed by atoms with Gasteiger partial charge in [-0.25, -0.2) is 0 Å². The molecule has 1 aliphatic heterocycles. The second kappa shape index (κ2) is 6.10. The van der Waals surface area contributed by atoms with Crippen molar-refractivity contribution in [2.24, 2.45) is 0 Å². The van der Waals surface area contributed by atoms with Crippen LogP contribution in [0.4, 0.5) is 11.5 Å². The van der Waals surface area contributed by atoms with Gasteiger partial charge in [0.15, 0.2) is 0 Å². The van der Waals surface area contributed by atoms with Gasteiger partial charge in [0, 0.05) is 19.1 Å². The lowest BCUT2D eigenvalue weighted by Gasteiger charge is -2.30. The Labute approximate surface area is 128 Å². The Kier molecular flexibility index (Phi) is 4.61. The van der Waals surface area contributed by atoms with Gasteiger partial charge < -0.3 is 20.3 Å². The second-order valence-corrected chi connectivity index (χ2v) is 6.94. The lowest BCUT2D eigenvalue weighted by Crippen LogP contribution is -2.38. The molecule has 0 bridgehead atoms. The SMILES string of the molecule is CC1CN(C)CCCN1c1ccc(N)c(OC(C)(C)C)n1. The Morgan fingerprint density at radius 3 is 2.67 bits per heavy atom. The quantitative estimate of drug-likeness (QED) is 0.907. The summed E-state index contributed by atoms with van der Waals surface area (Å²) in [5.41, 5.74) is 6.29. The number of nitrogen functional groups attached to an aromatic ring is 1. The topological polar surface area (TPSA) is 54.6 Å². The third kappa shape index (κ3) is 4.24. The molecule has 1 aliphatic rings. The van der Waals surface area contributed by atoms with Crippen molar-refractivity contribution >= 4 is 11.5 Å². The van der Waals surface area contributed by atoms with Gasteiger partial charge in [-0.1, -0.05) is 0 Å². The molecule has 5 nitrogen and oxygen atoms in total. The van der Waals surface area contributed by atoms with Gasteiger partial charge in [0.25, 0.3) is 0 Å². The molecular weight excluding hydrogens is 264 g/mol. The fraction of sp³-hybridized carbons (Fsp3) is 0.688. The first-order valence-electron chi connectivity index (χ1n) is 7.67. The zero-order valence-electron chi connectivity index (χ0n) is 13.9. The molecule has 1 saturated heterocycles. The molecule has 1 aromatic rings. The molecule has 1 aromatic heterocycles. The lowest BCUT2D eigenvalue weighted by molar-refractivity contribution is 0.125. The van der Waals surface area contributed by atoms with Crippen LogP contribution in [-0.2, 0) is 0 Å². The number of nitrogens with two attached hydrogens (primary N) is 1. The van der Waals surface area contributed by atoms with Gasteiger partial charge >= 0.3 is 0 Å². The van der Waals surface area contributed by atoms with Crippen LogP contribution in [0.25, 0.3) is 0 Å². The summed E-state index contributed by atoms with van der Waals surface area (Å²) in [6, 6.07) is 4.31. The van der Waals surface area contributed by atoms with Crippen LogP contribution in [0, 0.1) is 0 Å². The summed E-state index contributed by atoms with van der Waals surface area (Å²) < 4.78 is 5.88. The summed E-state index contributed by atoms with van der Waals surface area (Å²) in [6.07, 6.45) is 1.14. The predicted octanol–water partition coefficient (Wildman–Crippen LogP) is 2.37. The number of hydrogen-bond donors (Lipinski definition) is 1. The van der Waals surface area contributed by atoms with Gasteiger partial charge in [-0.05, 0) is 59.8 Å². The smallest absolute Gasteiger partial charge is 0.239 e. The molecule has 1 fully saturated rings. The minimum atomic E-state index is -0.301. The van der Waals surface area contributed by atoms with Crippen LogP contribution < -0.4 is 15.4 Å². The van der Waals surface area contributed by atoms with Crippen LogP contribution in [0.1, 0.15) is 34.1 Å².